The number of ether oxygens (including phenoxy) is 1. The third kappa shape index (κ3) is 6.40. The van der Waals surface area contributed by atoms with Gasteiger partial charge in [0.25, 0.3) is 0 Å². The van der Waals surface area contributed by atoms with Crippen molar-refractivity contribution in [3.8, 4) is 5.75 Å². The third-order valence-electron chi connectivity index (χ3n) is 4.16. The first-order chi connectivity index (χ1) is 13.7. The van der Waals surface area contributed by atoms with Gasteiger partial charge < -0.3 is 10.1 Å². The molecule has 0 saturated carbocycles. The summed E-state index contributed by atoms with van der Waals surface area (Å²) >= 11 is 0. The molecule has 0 aromatic heterocycles. The number of amides is 1. The van der Waals surface area contributed by atoms with Gasteiger partial charge in [-0.15, -0.1) is 0 Å². The van der Waals surface area contributed by atoms with Crippen LogP contribution in [-0.4, -0.2) is 12.5 Å². The van der Waals surface area contributed by atoms with Crippen LogP contribution in [-0.2, 0) is 17.8 Å². The molecule has 28 heavy (non-hydrogen) atoms. The van der Waals surface area contributed by atoms with Gasteiger partial charge in [0.2, 0.25) is 5.91 Å². The minimum absolute atomic E-state index is 0.169. The Hall–Kier alpha value is -3.40. The van der Waals surface area contributed by atoms with Crippen LogP contribution >= 0.6 is 0 Å². The SMILES string of the molecule is O=C(/C=C/c1cccc(OCc2ccccc2)c1)NCCc1ccc(F)cc1. The highest BCUT2D eigenvalue weighted by molar-refractivity contribution is 5.91. The second-order valence-corrected chi connectivity index (χ2v) is 6.35. The van der Waals surface area contributed by atoms with Gasteiger partial charge in [0.05, 0.1) is 0 Å². The lowest BCUT2D eigenvalue weighted by molar-refractivity contribution is -0.116. The molecule has 0 radical (unpaired) electrons. The minimum atomic E-state index is -0.259. The van der Waals surface area contributed by atoms with Crippen molar-refractivity contribution in [2.75, 3.05) is 6.54 Å². The highest BCUT2D eigenvalue weighted by Crippen LogP contribution is 2.16. The molecule has 0 aliphatic rings. The first-order valence-corrected chi connectivity index (χ1v) is 9.16. The highest BCUT2D eigenvalue weighted by Gasteiger charge is 1.99. The molecule has 0 heterocycles. The zero-order valence-electron chi connectivity index (χ0n) is 15.5. The Balaban J connectivity index is 1.46. The van der Waals surface area contributed by atoms with Crippen LogP contribution in [0.5, 0.6) is 5.75 Å². The molecule has 0 spiro atoms. The van der Waals surface area contributed by atoms with Gasteiger partial charge in [-0.1, -0.05) is 54.6 Å². The predicted molar refractivity (Wildman–Crippen MR) is 109 cm³/mol. The molecule has 3 aromatic carbocycles. The first-order valence-electron chi connectivity index (χ1n) is 9.16. The van der Waals surface area contributed by atoms with Crippen LogP contribution in [0.3, 0.4) is 0 Å². The van der Waals surface area contributed by atoms with Crippen LogP contribution in [0.4, 0.5) is 4.39 Å². The van der Waals surface area contributed by atoms with Crippen molar-refractivity contribution in [2.24, 2.45) is 0 Å². The van der Waals surface area contributed by atoms with Crippen LogP contribution in [0.2, 0.25) is 0 Å². The van der Waals surface area contributed by atoms with E-state index in [0.29, 0.717) is 19.6 Å². The van der Waals surface area contributed by atoms with Gasteiger partial charge in [0.15, 0.2) is 0 Å². The summed E-state index contributed by atoms with van der Waals surface area (Å²) in [5.41, 5.74) is 2.97. The Morgan fingerprint density at radius 3 is 2.50 bits per heavy atom. The monoisotopic (exact) mass is 375 g/mol. The topological polar surface area (TPSA) is 38.3 Å². The van der Waals surface area contributed by atoms with E-state index in [0.717, 1.165) is 22.4 Å². The van der Waals surface area contributed by atoms with Crippen molar-refractivity contribution in [1.82, 2.24) is 5.32 Å². The molecule has 3 nitrogen and oxygen atoms in total. The Bertz CT molecular complexity index is 921. The summed E-state index contributed by atoms with van der Waals surface area (Å²) in [6.07, 6.45) is 3.91. The maximum Gasteiger partial charge on any atom is 0.244 e. The molecule has 1 N–H and O–H groups in total. The normalized spacial score (nSPS) is 10.8. The van der Waals surface area contributed by atoms with E-state index in [1.165, 1.54) is 18.2 Å². The van der Waals surface area contributed by atoms with Gasteiger partial charge in [-0.2, -0.15) is 0 Å². The highest BCUT2D eigenvalue weighted by atomic mass is 19.1. The van der Waals surface area contributed by atoms with E-state index >= 15 is 0 Å². The summed E-state index contributed by atoms with van der Waals surface area (Å²) in [5, 5.41) is 2.83. The van der Waals surface area contributed by atoms with Gasteiger partial charge in [-0.25, -0.2) is 4.39 Å². The Kier molecular flexibility index (Phi) is 6.96. The second-order valence-electron chi connectivity index (χ2n) is 6.35. The maximum atomic E-state index is 12.9. The largest absolute Gasteiger partial charge is 0.489 e. The summed E-state index contributed by atoms with van der Waals surface area (Å²) in [4.78, 5) is 12.0. The number of halogens is 1. The number of benzene rings is 3. The Morgan fingerprint density at radius 1 is 0.929 bits per heavy atom. The molecule has 0 aliphatic carbocycles. The van der Waals surface area contributed by atoms with E-state index < -0.39 is 0 Å². The molecule has 0 unspecified atom stereocenters. The fraction of sp³-hybridized carbons (Fsp3) is 0.125. The minimum Gasteiger partial charge on any atom is -0.489 e. The molecular formula is C24H22FNO2. The average Bonchev–Trinajstić information content (AvgIpc) is 2.73. The lowest BCUT2D eigenvalue weighted by Gasteiger charge is -2.07. The number of hydrogen-bond acceptors (Lipinski definition) is 2. The Labute approximate surface area is 164 Å². The van der Waals surface area contributed by atoms with Gasteiger partial charge >= 0.3 is 0 Å². The van der Waals surface area contributed by atoms with Gasteiger partial charge in [-0.3, -0.25) is 4.79 Å². The zero-order valence-corrected chi connectivity index (χ0v) is 15.5. The standard InChI is InChI=1S/C24H22FNO2/c25-22-12-9-19(10-13-22)15-16-26-24(27)14-11-20-7-4-8-23(17-20)28-18-21-5-2-1-3-6-21/h1-14,17H,15-16,18H2,(H,26,27)/b14-11+. The van der Waals surface area contributed by atoms with Crippen molar-refractivity contribution in [1.29, 1.82) is 0 Å². The van der Waals surface area contributed by atoms with Gasteiger partial charge in [0.1, 0.15) is 18.2 Å². The number of carbonyl (C=O) groups excluding carboxylic acids is 1. The van der Waals surface area contributed by atoms with Crippen molar-refractivity contribution in [2.45, 2.75) is 13.0 Å². The molecule has 1 amide bonds. The molecular weight excluding hydrogens is 353 g/mol. The molecule has 142 valence electrons. The smallest absolute Gasteiger partial charge is 0.244 e. The number of hydrogen-bond donors (Lipinski definition) is 1. The summed E-state index contributed by atoms with van der Waals surface area (Å²) in [7, 11) is 0. The van der Waals surface area contributed by atoms with Crippen LogP contribution in [0.25, 0.3) is 6.08 Å². The van der Waals surface area contributed by atoms with E-state index in [9.17, 15) is 9.18 Å². The summed E-state index contributed by atoms with van der Waals surface area (Å²) in [6.45, 7) is 0.993. The number of rotatable bonds is 8. The Morgan fingerprint density at radius 2 is 1.71 bits per heavy atom. The fourth-order valence-electron chi connectivity index (χ4n) is 2.66. The van der Waals surface area contributed by atoms with E-state index in [1.807, 2.05) is 54.6 Å². The van der Waals surface area contributed by atoms with Crippen molar-refractivity contribution in [3.63, 3.8) is 0 Å². The summed E-state index contributed by atoms with van der Waals surface area (Å²) in [5.74, 6) is 0.325. The quantitative estimate of drug-likeness (QED) is 0.576. The second kappa shape index (κ2) is 10.1. The van der Waals surface area contributed by atoms with Gasteiger partial charge in [0, 0.05) is 12.6 Å². The van der Waals surface area contributed by atoms with E-state index in [1.54, 1.807) is 18.2 Å². The fourth-order valence-corrected chi connectivity index (χ4v) is 2.66. The van der Waals surface area contributed by atoms with Gasteiger partial charge in [-0.05, 0) is 53.5 Å². The predicted octanol–water partition coefficient (Wildman–Crippen LogP) is 4.78. The number of carbonyl (C=O) groups is 1. The molecule has 0 atom stereocenters. The van der Waals surface area contributed by atoms with E-state index in [2.05, 4.69) is 5.32 Å². The van der Waals surface area contributed by atoms with Crippen LogP contribution in [0, 0.1) is 5.82 Å². The van der Waals surface area contributed by atoms with E-state index in [-0.39, 0.29) is 11.7 Å². The summed E-state index contributed by atoms with van der Waals surface area (Å²) < 4.78 is 18.7. The average molecular weight is 375 g/mol. The lowest BCUT2D eigenvalue weighted by Crippen LogP contribution is -2.23. The molecule has 3 rings (SSSR count). The molecule has 0 bridgehead atoms. The van der Waals surface area contributed by atoms with Crippen LogP contribution < -0.4 is 10.1 Å². The molecule has 3 aromatic rings. The molecule has 0 saturated heterocycles. The lowest BCUT2D eigenvalue weighted by atomic mass is 10.1. The first kappa shape index (κ1) is 19.4. The molecule has 0 aliphatic heterocycles. The zero-order chi connectivity index (χ0) is 19.6. The summed E-state index contributed by atoms with van der Waals surface area (Å²) in [6, 6.07) is 23.8. The van der Waals surface area contributed by atoms with Crippen LogP contribution in [0.1, 0.15) is 16.7 Å². The maximum absolute atomic E-state index is 12.9. The van der Waals surface area contributed by atoms with Crippen LogP contribution in [0.15, 0.2) is 84.9 Å². The molecule has 0 fully saturated rings. The number of nitrogens with one attached hydrogen (secondary N) is 1. The van der Waals surface area contributed by atoms with Crippen molar-refractivity contribution < 1.29 is 13.9 Å². The van der Waals surface area contributed by atoms with Crippen molar-refractivity contribution in [3.05, 3.63) is 107 Å². The molecule has 4 heteroatoms. The third-order valence-corrected chi connectivity index (χ3v) is 4.16. The van der Waals surface area contributed by atoms with E-state index in [4.69, 9.17) is 4.74 Å². The van der Waals surface area contributed by atoms with Crippen molar-refractivity contribution >= 4 is 12.0 Å².